The lowest BCUT2D eigenvalue weighted by molar-refractivity contribution is -0.137. The van der Waals surface area contributed by atoms with E-state index in [9.17, 15) is 22.8 Å². The van der Waals surface area contributed by atoms with Gasteiger partial charge in [0.1, 0.15) is 0 Å². The molecule has 0 radical (unpaired) electrons. The van der Waals surface area contributed by atoms with E-state index < -0.39 is 23.6 Å². The van der Waals surface area contributed by atoms with Crippen LogP contribution in [0.5, 0.6) is 0 Å². The van der Waals surface area contributed by atoms with Gasteiger partial charge < -0.3 is 15.1 Å². The number of hydrogen-bond donors (Lipinski definition) is 2. The van der Waals surface area contributed by atoms with Crippen molar-refractivity contribution in [2.75, 3.05) is 6.54 Å². The summed E-state index contributed by atoms with van der Waals surface area (Å²) < 4.78 is 42.7. The Morgan fingerprint density at radius 3 is 2.25 bits per heavy atom. The molecule has 0 unspecified atom stereocenters. The number of nitrogens with one attached hydrogen (secondary N) is 2. The topological polar surface area (TPSA) is 71.3 Å². The van der Waals surface area contributed by atoms with Crippen LogP contribution in [0.1, 0.15) is 21.7 Å². The van der Waals surface area contributed by atoms with Crippen molar-refractivity contribution in [3.63, 3.8) is 0 Å². The van der Waals surface area contributed by atoms with Crippen LogP contribution in [0.15, 0.2) is 45.5 Å². The molecule has 0 aliphatic rings. The number of hydrogen-bond acceptors (Lipinski definition) is 3. The van der Waals surface area contributed by atoms with Crippen molar-refractivity contribution in [1.82, 2.24) is 10.6 Å². The third-order valence-electron chi connectivity index (χ3n) is 2.98. The van der Waals surface area contributed by atoms with Crippen LogP contribution >= 0.6 is 15.9 Å². The van der Waals surface area contributed by atoms with Gasteiger partial charge in [0.2, 0.25) is 5.91 Å². The fourth-order valence-corrected chi connectivity index (χ4v) is 2.07. The normalized spacial score (nSPS) is 11.2. The lowest BCUT2D eigenvalue weighted by Crippen LogP contribution is -2.36. The Kier molecular flexibility index (Phi) is 5.66. The van der Waals surface area contributed by atoms with Crippen molar-refractivity contribution in [2.24, 2.45) is 0 Å². The average Bonchev–Trinajstić information content (AvgIpc) is 2.96. The summed E-state index contributed by atoms with van der Waals surface area (Å²) in [5.74, 6) is -0.975. The van der Waals surface area contributed by atoms with E-state index in [1.807, 2.05) is 0 Å². The first-order chi connectivity index (χ1) is 11.3. The monoisotopic (exact) mass is 404 g/mol. The zero-order valence-corrected chi connectivity index (χ0v) is 13.7. The smallest absolute Gasteiger partial charge is 0.416 e. The number of carbonyl (C=O) groups excluding carboxylic acids is 2. The second-order valence-corrected chi connectivity index (χ2v) is 5.54. The standard InChI is InChI=1S/C15H12BrF3N2O3/c16-12-6-5-11(24-12)14(23)21-8-13(22)20-7-9-1-3-10(4-2-9)15(17,18)19/h1-6H,7-8H2,(H,20,22)(H,21,23). The molecule has 9 heteroatoms. The molecule has 0 spiro atoms. The van der Waals surface area contributed by atoms with Gasteiger partial charge >= 0.3 is 6.18 Å². The van der Waals surface area contributed by atoms with Crippen LogP contribution in [0.25, 0.3) is 0 Å². The molecule has 2 rings (SSSR count). The first kappa shape index (κ1) is 18.1. The molecule has 0 saturated heterocycles. The van der Waals surface area contributed by atoms with Gasteiger partial charge in [-0.05, 0) is 45.8 Å². The minimum atomic E-state index is -4.40. The molecule has 2 aromatic rings. The summed E-state index contributed by atoms with van der Waals surface area (Å²) in [6, 6.07) is 7.43. The third kappa shape index (κ3) is 5.12. The van der Waals surface area contributed by atoms with Gasteiger partial charge in [0.05, 0.1) is 12.1 Å². The van der Waals surface area contributed by atoms with Gasteiger partial charge in [-0.2, -0.15) is 13.2 Å². The zero-order valence-electron chi connectivity index (χ0n) is 12.1. The maximum absolute atomic E-state index is 12.4. The van der Waals surface area contributed by atoms with Gasteiger partial charge in [-0.25, -0.2) is 0 Å². The summed E-state index contributed by atoms with van der Waals surface area (Å²) in [6.45, 7) is -0.225. The summed E-state index contributed by atoms with van der Waals surface area (Å²) in [6.07, 6.45) is -4.40. The number of carbonyl (C=O) groups is 2. The number of alkyl halides is 3. The van der Waals surface area contributed by atoms with Crippen molar-refractivity contribution in [3.05, 3.63) is 58.0 Å². The van der Waals surface area contributed by atoms with Crippen molar-refractivity contribution in [1.29, 1.82) is 0 Å². The number of furan rings is 1. The first-order valence-electron chi connectivity index (χ1n) is 6.72. The number of halogens is 4. The molecule has 0 aliphatic carbocycles. The third-order valence-corrected chi connectivity index (χ3v) is 3.40. The maximum Gasteiger partial charge on any atom is 0.416 e. The molecule has 0 bridgehead atoms. The lowest BCUT2D eigenvalue weighted by atomic mass is 10.1. The van der Waals surface area contributed by atoms with Gasteiger partial charge in [-0.1, -0.05) is 12.1 Å². The van der Waals surface area contributed by atoms with Crippen LogP contribution in [0.3, 0.4) is 0 Å². The number of rotatable bonds is 5. The molecule has 0 fully saturated rings. The van der Waals surface area contributed by atoms with E-state index in [0.29, 0.717) is 10.2 Å². The molecule has 0 aliphatic heterocycles. The molecule has 2 amide bonds. The molecular formula is C15H12BrF3N2O3. The van der Waals surface area contributed by atoms with Gasteiger partial charge in [-0.3, -0.25) is 9.59 Å². The van der Waals surface area contributed by atoms with Crippen molar-refractivity contribution < 1.29 is 27.2 Å². The Balaban J connectivity index is 1.78. The highest BCUT2D eigenvalue weighted by Gasteiger charge is 2.29. The molecule has 0 atom stereocenters. The van der Waals surface area contributed by atoms with Crippen LogP contribution in [-0.4, -0.2) is 18.4 Å². The van der Waals surface area contributed by atoms with E-state index in [2.05, 4.69) is 26.6 Å². The molecular weight excluding hydrogens is 393 g/mol. The Labute approximate surface area is 143 Å². The second kappa shape index (κ2) is 7.52. The maximum atomic E-state index is 12.4. The van der Waals surface area contributed by atoms with Gasteiger partial charge in [0.15, 0.2) is 10.4 Å². The molecule has 5 nitrogen and oxygen atoms in total. The Morgan fingerprint density at radius 1 is 1.04 bits per heavy atom. The summed E-state index contributed by atoms with van der Waals surface area (Å²) >= 11 is 3.05. The molecule has 1 aromatic carbocycles. The van der Waals surface area contributed by atoms with Crippen LogP contribution in [-0.2, 0) is 17.5 Å². The fraction of sp³-hybridized carbons (Fsp3) is 0.200. The molecule has 2 N–H and O–H groups in total. The number of benzene rings is 1. The largest absolute Gasteiger partial charge is 0.444 e. The van der Waals surface area contributed by atoms with Crippen LogP contribution in [0, 0.1) is 0 Å². The van der Waals surface area contributed by atoms with Crippen LogP contribution in [0.4, 0.5) is 13.2 Å². The van der Waals surface area contributed by atoms with E-state index in [-0.39, 0.29) is 18.8 Å². The SMILES string of the molecule is O=C(CNC(=O)c1ccc(Br)o1)NCc1ccc(C(F)(F)F)cc1. The van der Waals surface area contributed by atoms with E-state index >= 15 is 0 Å². The highest BCUT2D eigenvalue weighted by atomic mass is 79.9. The van der Waals surface area contributed by atoms with Gasteiger partial charge in [0, 0.05) is 6.54 Å². The Hall–Kier alpha value is -2.29. The molecule has 24 heavy (non-hydrogen) atoms. The fourth-order valence-electron chi connectivity index (χ4n) is 1.76. The molecule has 1 aromatic heterocycles. The Morgan fingerprint density at radius 2 is 1.71 bits per heavy atom. The minimum Gasteiger partial charge on any atom is -0.444 e. The highest BCUT2D eigenvalue weighted by Crippen LogP contribution is 2.29. The van der Waals surface area contributed by atoms with Gasteiger partial charge in [0.25, 0.3) is 5.91 Å². The van der Waals surface area contributed by atoms with E-state index in [4.69, 9.17) is 4.42 Å². The van der Waals surface area contributed by atoms with Crippen molar-refractivity contribution >= 4 is 27.7 Å². The highest BCUT2D eigenvalue weighted by molar-refractivity contribution is 9.10. The molecule has 128 valence electrons. The van der Waals surface area contributed by atoms with E-state index in [0.717, 1.165) is 12.1 Å². The summed E-state index contributed by atoms with van der Waals surface area (Å²) in [7, 11) is 0. The predicted molar refractivity (Wildman–Crippen MR) is 82.0 cm³/mol. The van der Waals surface area contributed by atoms with Crippen molar-refractivity contribution in [2.45, 2.75) is 12.7 Å². The quantitative estimate of drug-likeness (QED) is 0.803. The summed E-state index contributed by atoms with van der Waals surface area (Å²) in [5, 5.41) is 4.86. The zero-order chi connectivity index (χ0) is 17.7. The van der Waals surface area contributed by atoms with Gasteiger partial charge in [-0.15, -0.1) is 0 Å². The Bertz CT molecular complexity index is 726. The average molecular weight is 405 g/mol. The van der Waals surface area contributed by atoms with Crippen LogP contribution < -0.4 is 10.6 Å². The number of amides is 2. The molecule has 0 saturated carbocycles. The van der Waals surface area contributed by atoms with Crippen molar-refractivity contribution in [3.8, 4) is 0 Å². The van der Waals surface area contributed by atoms with E-state index in [1.165, 1.54) is 18.2 Å². The summed E-state index contributed by atoms with van der Waals surface area (Å²) in [5.41, 5.74) is -0.243. The molecule has 1 heterocycles. The predicted octanol–water partition coefficient (Wildman–Crippen LogP) is 3.11. The minimum absolute atomic E-state index is 0.0532. The first-order valence-corrected chi connectivity index (χ1v) is 7.51. The lowest BCUT2D eigenvalue weighted by Gasteiger charge is -2.09. The summed E-state index contributed by atoms with van der Waals surface area (Å²) in [4.78, 5) is 23.3. The second-order valence-electron chi connectivity index (χ2n) is 4.76. The van der Waals surface area contributed by atoms with E-state index in [1.54, 1.807) is 6.07 Å². The van der Waals surface area contributed by atoms with Crippen LogP contribution in [0.2, 0.25) is 0 Å².